The molecule has 3 rings (SSSR count). The molecule has 1 aliphatic heterocycles. The van der Waals surface area contributed by atoms with Crippen molar-refractivity contribution in [1.29, 1.82) is 0 Å². The molecule has 9 heteroatoms. The molecule has 0 aliphatic carbocycles. The van der Waals surface area contributed by atoms with E-state index in [0.29, 0.717) is 12.2 Å². The maximum absolute atomic E-state index is 13.3. The standard InChI is InChI=1S/C25H33N6O3/c1-19-9-7-12-28(5)13-8-10-20(15-19)17-30(24(33)34-25(2,3)4)23-22(32)11-14-31(27-23)21-16-26-29(6)18-21/h7-12,14-16,18-19H,13,17H2,1-6H3/q+1. The number of likely N-dealkylation sites (N-methyl/N-ethyl adjacent to an activating group) is 1. The van der Waals surface area contributed by atoms with Crippen molar-refractivity contribution in [3.63, 3.8) is 0 Å². The number of carbonyl (C=O) groups is 1. The molecule has 34 heavy (non-hydrogen) atoms. The van der Waals surface area contributed by atoms with Crippen LogP contribution in [0.3, 0.4) is 0 Å². The molecule has 2 aromatic rings. The van der Waals surface area contributed by atoms with Crippen LogP contribution in [0, 0.1) is 5.92 Å². The third-order valence-electron chi connectivity index (χ3n) is 4.91. The summed E-state index contributed by atoms with van der Waals surface area (Å²) in [5.74, 6) is 0.110. The summed E-state index contributed by atoms with van der Waals surface area (Å²) in [7, 11) is 3.79. The van der Waals surface area contributed by atoms with Crippen LogP contribution in [-0.4, -0.2) is 62.2 Å². The zero-order chi connectivity index (χ0) is 24.9. The third kappa shape index (κ3) is 6.87. The maximum Gasteiger partial charge on any atom is 0.416 e. The lowest BCUT2D eigenvalue weighted by atomic mass is 10.1. The van der Waals surface area contributed by atoms with Crippen LogP contribution in [0.2, 0.25) is 0 Å². The lowest BCUT2D eigenvalue weighted by Crippen LogP contribution is -2.41. The molecule has 1 aliphatic rings. The lowest BCUT2D eigenvalue weighted by Gasteiger charge is -2.27. The molecule has 0 saturated heterocycles. The van der Waals surface area contributed by atoms with Crippen molar-refractivity contribution >= 4 is 18.1 Å². The van der Waals surface area contributed by atoms with Gasteiger partial charge in [0, 0.05) is 19.3 Å². The van der Waals surface area contributed by atoms with E-state index in [1.165, 1.54) is 15.6 Å². The molecule has 0 aromatic carbocycles. The van der Waals surface area contributed by atoms with Crippen molar-refractivity contribution in [2.45, 2.75) is 33.3 Å². The molecule has 9 nitrogen and oxygen atoms in total. The van der Waals surface area contributed by atoms with Crippen molar-refractivity contribution < 1.29 is 14.1 Å². The highest BCUT2D eigenvalue weighted by atomic mass is 16.6. The number of nitrogens with zero attached hydrogens (tertiary/aromatic N) is 6. The van der Waals surface area contributed by atoms with Gasteiger partial charge in [0.1, 0.15) is 18.3 Å². The number of hydrogen-bond acceptors (Lipinski definition) is 5. The summed E-state index contributed by atoms with van der Waals surface area (Å²) in [6.45, 7) is 8.27. The molecule has 2 aromatic heterocycles. The largest absolute Gasteiger partial charge is 0.443 e. The van der Waals surface area contributed by atoms with Gasteiger partial charge >= 0.3 is 6.09 Å². The first-order valence-electron chi connectivity index (χ1n) is 11.2. The van der Waals surface area contributed by atoms with Crippen LogP contribution in [0.5, 0.6) is 0 Å². The van der Waals surface area contributed by atoms with Gasteiger partial charge in [-0.1, -0.05) is 25.2 Å². The molecule has 1 atom stereocenters. The van der Waals surface area contributed by atoms with Crippen LogP contribution in [0.1, 0.15) is 27.7 Å². The Labute approximate surface area is 200 Å². The van der Waals surface area contributed by atoms with Gasteiger partial charge in [-0.05, 0) is 44.4 Å². The second-order valence-electron chi connectivity index (χ2n) is 9.36. The Morgan fingerprint density at radius 3 is 2.79 bits per heavy atom. The molecule has 0 spiro atoms. The van der Waals surface area contributed by atoms with Crippen molar-refractivity contribution in [1.82, 2.24) is 19.6 Å². The fraction of sp³-hybridized carbons (Fsp3) is 0.400. The van der Waals surface area contributed by atoms with Crippen molar-refractivity contribution in [3.05, 3.63) is 70.8 Å². The van der Waals surface area contributed by atoms with Crippen LogP contribution < -0.4 is 10.3 Å². The quantitative estimate of drug-likeness (QED) is 0.648. The number of allylic oxidation sites excluding steroid dienone is 3. The Morgan fingerprint density at radius 2 is 2.12 bits per heavy atom. The van der Waals surface area contributed by atoms with Crippen molar-refractivity contribution in [3.8, 4) is 5.69 Å². The van der Waals surface area contributed by atoms with Gasteiger partial charge in [-0.2, -0.15) is 5.10 Å². The number of rotatable bonds is 4. The van der Waals surface area contributed by atoms with Gasteiger partial charge in [-0.3, -0.25) is 14.4 Å². The number of carbonyl (C=O) groups excluding carboxylic acids is 1. The first kappa shape index (κ1) is 24.9. The van der Waals surface area contributed by atoms with Crippen LogP contribution in [0.25, 0.3) is 5.69 Å². The number of amides is 1. The molecule has 1 amide bonds. The minimum absolute atomic E-state index is 0.0133. The summed E-state index contributed by atoms with van der Waals surface area (Å²) in [6.07, 6.45) is 16.5. The Bertz CT molecular complexity index is 1210. The molecular weight excluding hydrogens is 432 g/mol. The Hall–Kier alpha value is -3.75. The van der Waals surface area contributed by atoms with E-state index in [0.717, 1.165) is 5.57 Å². The van der Waals surface area contributed by atoms with Gasteiger partial charge in [0.05, 0.1) is 18.9 Å². The minimum Gasteiger partial charge on any atom is -0.443 e. The molecule has 1 unspecified atom stereocenters. The fourth-order valence-electron chi connectivity index (χ4n) is 3.34. The highest BCUT2D eigenvalue weighted by molar-refractivity contribution is 5.87. The van der Waals surface area contributed by atoms with E-state index in [2.05, 4.69) is 33.8 Å². The summed E-state index contributed by atoms with van der Waals surface area (Å²) in [5, 5.41) is 8.64. The fourth-order valence-corrected chi connectivity index (χ4v) is 3.34. The average Bonchev–Trinajstić information content (AvgIpc) is 3.17. The Balaban J connectivity index is 2.04. The Morgan fingerprint density at radius 1 is 1.35 bits per heavy atom. The normalized spacial score (nSPS) is 16.6. The average molecular weight is 466 g/mol. The molecule has 0 bridgehead atoms. The van der Waals surface area contributed by atoms with Crippen LogP contribution in [0.15, 0.2) is 65.4 Å². The minimum atomic E-state index is -0.735. The summed E-state index contributed by atoms with van der Waals surface area (Å²) in [6, 6.07) is 1.39. The number of anilines is 1. The topological polar surface area (TPSA) is 85.3 Å². The molecule has 3 heterocycles. The smallest absolute Gasteiger partial charge is 0.416 e. The highest BCUT2D eigenvalue weighted by Crippen LogP contribution is 2.18. The second kappa shape index (κ2) is 10.5. The summed E-state index contributed by atoms with van der Waals surface area (Å²) < 4.78 is 10.9. The zero-order valence-corrected chi connectivity index (χ0v) is 20.7. The zero-order valence-electron chi connectivity index (χ0n) is 20.7. The third-order valence-corrected chi connectivity index (χ3v) is 4.91. The van der Waals surface area contributed by atoms with Crippen LogP contribution >= 0.6 is 0 Å². The summed E-state index contributed by atoms with van der Waals surface area (Å²) >= 11 is 0. The van der Waals surface area contributed by atoms with E-state index < -0.39 is 11.7 Å². The first-order chi connectivity index (χ1) is 16.0. The molecular formula is C25H33N6O3+. The highest BCUT2D eigenvalue weighted by Gasteiger charge is 2.27. The lowest BCUT2D eigenvalue weighted by molar-refractivity contribution is -0.480. The monoisotopic (exact) mass is 465 g/mol. The van der Waals surface area contributed by atoms with Gasteiger partial charge in [-0.25, -0.2) is 14.1 Å². The van der Waals surface area contributed by atoms with E-state index in [9.17, 15) is 9.59 Å². The second-order valence-corrected chi connectivity index (χ2v) is 9.36. The van der Waals surface area contributed by atoms with E-state index in [1.807, 2.05) is 31.5 Å². The number of aryl methyl sites for hydroxylation is 1. The van der Waals surface area contributed by atoms with Crippen molar-refractivity contribution in [2.24, 2.45) is 13.0 Å². The van der Waals surface area contributed by atoms with E-state index in [1.54, 1.807) is 51.1 Å². The summed E-state index contributed by atoms with van der Waals surface area (Å²) in [5.41, 5.74) is 0.430. The van der Waals surface area contributed by atoms with E-state index in [4.69, 9.17) is 4.74 Å². The predicted molar refractivity (Wildman–Crippen MR) is 133 cm³/mol. The SMILES string of the molecule is CC1C=CC=[N+](C)CC=CC(CN(C(=O)OC(C)(C)C)c2nn(-c3cnn(C)c3)ccc2=O)=C1. The van der Waals surface area contributed by atoms with Crippen molar-refractivity contribution in [2.75, 3.05) is 25.0 Å². The molecule has 0 N–H and O–H groups in total. The van der Waals surface area contributed by atoms with Gasteiger partial charge < -0.3 is 4.74 Å². The van der Waals surface area contributed by atoms with Crippen LogP contribution in [-0.2, 0) is 11.8 Å². The van der Waals surface area contributed by atoms with Gasteiger partial charge in [0.2, 0.25) is 11.2 Å². The number of ether oxygens (including phenoxy) is 1. The first-order valence-corrected chi connectivity index (χ1v) is 11.2. The predicted octanol–water partition coefficient (Wildman–Crippen LogP) is 3.11. The van der Waals surface area contributed by atoms with Gasteiger partial charge in [-0.15, -0.1) is 5.10 Å². The maximum atomic E-state index is 13.3. The van der Waals surface area contributed by atoms with Crippen LogP contribution in [0.4, 0.5) is 10.6 Å². The Kier molecular flexibility index (Phi) is 7.65. The number of aromatic nitrogens is 4. The molecule has 0 radical (unpaired) electrons. The van der Waals surface area contributed by atoms with E-state index in [-0.39, 0.29) is 23.7 Å². The molecule has 0 fully saturated rings. The van der Waals surface area contributed by atoms with Gasteiger partial charge in [0.15, 0.2) is 12.8 Å². The molecule has 180 valence electrons. The molecule has 0 saturated carbocycles. The number of hydrogen-bond donors (Lipinski definition) is 0. The summed E-state index contributed by atoms with van der Waals surface area (Å²) in [4.78, 5) is 27.5. The van der Waals surface area contributed by atoms with E-state index >= 15 is 0 Å². The van der Waals surface area contributed by atoms with Gasteiger partial charge in [0.25, 0.3) is 0 Å².